The van der Waals surface area contributed by atoms with Crippen molar-refractivity contribution in [2.75, 3.05) is 13.1 Å². The standard InChI is InChI=1S/C17H24N4O2/c1-11-10-18-8-7-13(11)19-16(22)4-2-3-12-5-6-14-15(9-12)21-17(23)20-14/h5-6,9,11,13,18H,2-4,7-8,10H2,1H3,(H,19,22)(H2,20,21,23). The molecule has 1 amide bonds. The van der Waals surface area contributed by atoms with Gasteiger partial charge >= 0.3 is 5.69 Å². The van der Waals surface area contributed by atoms with Gasteiger partial charge in [-0.25, -0.2) is 4.79 Å². The van der Waals surface area contributed by atoms with Gasteiger partial charge in [-0.1, -0.05) is 13.0 Å². The monoisotopic (exact) mass is 316 g/mol. The highest BCUT2D eigenvalue weighted by Gasteiger charge is 2.22. The van der Waals surface area contributed by atoms with Gasteiger partial charge in [-0.05, 0) is 56.0 Å². The molecule has 2 aromatic rings. The number of nitrogens with one attached hydrogen (secondary N) is 4. The molecule has 23 heavy (non-hydrogen) atoms. The summed E-state index contributed by atoms with van der Waals surface area (Å²) in [5, 5.41) is 6.50. The van der Waals surface area contributed by atoms with E-state index < -0.39 is 0 Å². The van der Waals surface area contributed by atoms with Crippen molar-refractivity contribution >= 4 is 16.9 Å². The Morgan fingerprint density at radius 3 is 2.96 bits per heavy atom. The minimum atomic E-state index is -0.187. The third-order valence-electron chi connectivity index (χ3n) is 4.58. The Kier molecular flexibility index (Phi) is 4.81. The highest BCUT2D eigenvalue weighted by atomic mass is 16.1. The number of aromatic amines is 2. The molecule has 2 atom stereocenters. The van der Waals surface area contributed by atoms with Gasteiger partial charge in [0.2, 0.25) is 5.91 Å². The van der Waals surface area contributed by atoms with Crippen LogP contribution in [0.25, 0.3) is 11.0 Å². The number of aromatic nitrogens is 2. The van der Waals surface area contributed by atoms with Crippen LogP contribution in [-0.2, 0) is 11.2 Å². The minimum Gasteiger partial charge on any atom is -0.353 e. The first-order valence-corrected chi connectivity index (χ1v) is 8.33. The average Bonchev–Trinajstić information content (AvgIpc) is 2.89. The van der Waals surface area contributed by atoms with Crippen molar-refractivity contribution < 1.29 is 4.79 Å². The smallest absolute Gasteiger partial charge is 0.323 e. The Hall–Kier alpha value is -2.08. The van der Waals surface area contributed by atoms with Crippen LogP contribution in [-0.4, -0.2) is 35.0 Å². The van der Waals surface area contributed by atoms with Gasteiger partial charge in [-0.3, -0.25) is 4.79 Å². The molecule has 1 fully saturated rings. The predicted molar refractivity (Wildman–Crippen MR) is 90.4 cm³/mol. The fraction of sp³-hybridized carbons (Fsp3) is 0.529. The fourth-order valence-electron chi connectivity index (χ4n) is 3.20. The van der Waals surface area contributed by atoms with Gasteiger partial charge in [0, 0.05) is 12.5 Å². The number of carbonyl (C=O) groups excluding carboxylic acids is 1. The van der Waals surface area contributed by atoms with E-state index in [9.17, 15) is 9.59 Å². The zero-order chi connectivity index (χ0) is 16.2. The molecule has 1 aliphatic heterocycles. The maximum absolute atomic E-state index is 12.1. The summed E-state index contributed by atoms with van der Waals surface area (Å²) in [6.45, 7) is 4.12. The van der Waals surface area contributed by atoms with Gasteiger partial charge in [0.05, 0.1) is 11.0 Å². The fourth-order valence-corrected chi connectivity index (χ4v) is 3.20. The lowest BCUT2D eigenvalue weighted by molar-refractivity contribution is -0.122. The van der Waals surface area contributed by atoms with Crippen molar-refractivity contribution in [3.63, 3.8) is 0 Å². The van der Waals surface area contributed by atoms with Crippen molar-refractivity contribution in [1.82, 2.24) is 20.6 Å². The summed E-state index contributed by atoms with van der Waals surface area (Å²) in [6.07, 6.45) is 3.19. The number of hydrogen-bond acceptors (Lipinski definition) is 3. The van der Waals surface area contributed by atoms with Crippen molar-refractivity contribution in [3.05, 3.63) is 34.2 Å². The Labute approximate surface area is 135 Å². The van der Waals surface area contributed by atoms with Crippen LogP contribution in [0.3, 0.4) is 0 Å². The highest BCUT2D eigenvalue weighted by Crippen LogP contribution is 2.13. The highest BCUT2D eigenvalue weighted by molar-refractivity contribution is 5.76. The maximum atomic E-state index is 12.1. The quantitative estimate of drug-likeness (QED) is 0.670. The topological polar surface area (TPSA) is 89.8 Å². The van der Waals surface area contributed by atoms with Crippen molar-refractivity contribution in [3.8, 4) is 0 Å². The predicted octanol–water partition coefficient (Wildman–Crippen LogP) is 1.29. The largest absolute Gasteiger partial charge is 0.353 e. The summed E-state index contributed by atoms with van der Waals surface area (Å²) in [6, 6.07) is 6.17. The Bertz CT molecular complexity index is 734. The van der Waals surface area contributed by atoms with Crippen LogP contribution in [0.4, 0.5) is 0 Å². The van der Waals surface area contributed by atoms with Gasteiger partial charge in [0.1, 0.15) is 0 Å². The van der Waals surface area contributed by atoms with Gasteiger partial charge in [-0.15, -0.1) is 0 Å². The maximum Gasteiger partial charge on any atom is 0.323 e. The molecule has 2 unspecified atom stereocenters. The molecule has 6 heteroatoms. The van der Waals surface area contributed by atoms with E-state index in [4.69, 9.17) is 0 Å². The molecular weight excluding hydrogens is 292 g/mol. The van der Waals surface area contributed by atoms with Crippen LogP contribution in [0.2, 0.25) is 0 Å². The van der Waals surface area contributed by atoms with E-state index in [0.29, 0.717) is 18.4 Å². The lowest BCUT2D eigenvalue weighted by Crippen LogP contribution is -2.48. The van der Waals surface area contributed by atoms with Gasteiger partial charge in [0.15, 0.2) is 0 Å². The molecule has 1 aliphatic rings. The molecule has 1 aromatic heterocycles. The first-order chi connectivity index (χ1) is 11.1. The van der Waals surface area contributed by atoms with E-state index >= 15 is 0 Å². The molecule has 1 saturated heterocycles. The van der Waals surface area contributed by atoms with Crippen molar-refractivity contribution in [1.29, 1.82) is 0 Å². The second-order valence-corrected chi connectivity index (χ2v) is 6.46. The summed E-state index contributed by atoms with van der Waals surface area (Å²) in [5.41, 5.74) is 2.58. The van der Waals surface area contributed by atoms with Crippen molar-refractivity contribution in [2.24, 2.45) is 5.92 Å². The van der Waals surface area contributed by atoms with E-state index in [-0.39, 0.29) is 11.6 Å². The number of amides is 1. The molecular formula is C17H24N4O2. The average molecular weight is 316 g/mol. The number of carbonyl (C=O) groups is 1. The number of benzene rings is 1. The number of imidazole rings is 1. The molecule has 2 heterocycles. The molecule has 0 spiro atoms. The molecule has 0 saturated carbocycles. The molecule has 124 valence electrons. The Morgan fingerprint density at radius 2 is 2.13 bits per heavy atom. The zero-order valence-corrected chi connectivity index (χ0v) is 13.4. The third-order valence-corrected chi connectivity index (χ3v) is 4.58. The summed E-state index contributed by atoms with van der Waals surface area (Å²) in [4.78, 5) is 28.8. The van der Waals surface area contributed by atoms with E-state index in [2.05, 4.69) is 27.5 Å². The normalized spacial score (nSPS) is 21.4. The van der Waals surface area contributed by atoms with Gasteiger partial charge in [-0.2, -0.15) is 0 Å². The molecule has 1 aromatic carbocycles. The first kappa shape index (κ1) is 15.8. The molecule has 3 rings (SSSR count). The Morgan fingerprint density at radius 1 is 1.30 bits per heavy atom. The van der Waals surface area contributed by atoms with Crippen molar-refractivity contribution in [2.45, 2.75) is 38.6 Å². The SMILES string of the molecule is CC1CNCCC1NC(=O)CCCc1ccc2[nH]c(=O)[nH]c2c1. The molecule has 4 N–H and O–H groups in total. The van der Waals surface area contributed by atoms with Crippen LogP contribution >= 0.6 is 0 Å². The van der Waals surface area contributed by atoms with Gasteiger partial charge in [0.25, 0.3) is 0 Å². The second-order valence-electron chi connectivity index (χ2n) is 6.46. The number of aryl methyl sites for hydroxylation is 1. The molecule has 6 nitrogen and oxygen atoms in total. The van der Waals surface area contributed by atoms with Crippen LogP contribution < -0.4 is 16.3 Å². The summed E-state index contributed by atoms with van der Waals surface area (Å²) in [7, 11) is 0. The summed E-state index contributed by atoms with van der Waals surface area (Å²) >= 11 is 0. The van der Waals surface area contributed by atoms with Crippen LogP contribution in [0.5, 0.6) is 0 Å². The minimum absolute atomic E-state index is 0.139. The second kappa shape index (κ2) is 7.00. The molecule has 0 aliphatic carbocycles. The van der Waals surface area contributed by atoms with Gasteiger partial charge < -0.3 is 20.6 Å². The number of rotatable bonds is 5. The number of hydrogen-bond donors (Lipinski definition) is 4. The number of piperidine rings is 1. The zero-order valence-electron chi connectivity index (χ0n) is 13.4. The first-order valence-electron chi connectivity index (χ1n) is 8.33. The van der Waals surface area contributed by atoms with Crippen LogP contribution in [0.15, 0.2) is 23.0 Å². The van der Waals surface area contributed by atoms with Crippen LogP contribution in [0.1, 0.15) is 31.7 Å². The summed E-state index contributed by atoms with van der Waals surface area (Å²) in [5.74, 6) is 0.625. The number of fused-ring (bicyclic) bond motifs is 1. The molecule has 0 bridgehead atoms. The summed E-state index contributed by atoms with van der Waals surface area (Å²) < 4.78 is 0. The van der Waals surface area contributed by atoms with E-state index in [1.807, 2.05) is 18.2 Å². The lowest BCUT2D eigenvalue weighted by Gasteiger charge is -2.30. The Balaban J connectivity index is 1.47. The third kappa shape index (κ3) is 4.01. The van der Waals surface area contributed by atoms with E-state index in [1.54, 1.807) is 0 Å². The number of H-pyrrole nitrogens is 2. The molecule has 0 radical (unpaired) electrons. The van der Waals surface area contributed by atoms with E-state index in [1.165, 1.54) is 0 Å². The lowest BCUT2D eigenvalue weighted by atomic mass is 9.95. The van der Waals surface area contributed by atoms with E-state index in [0.717, 1.165) is 48.9 Å². The van der Waals surface area contributed by atoms with Crippen LogP contribution in [0, 0.1) is 5.92 Å².